The van der Waals surface area contributed by atoms with E-state index in [0.29, 0.717) is 39.7 Å². The average Bonchev–Trinajstić information content (AvgIpc) is 4.10. The van der Waals surface area contributed by atoms with E-state index in [9.17, 15) is 78.3 Å². The Labute approximate surface area is 492 Å². The molecule has 86 heavy (non-hydrogen) atoms. The Morgan fingerprint density at radius 3 is 1.49 bits per heavy atom. The van der Waals surface area contributed by atoms with E-state index in [-0.39, 0.29) is 25.7 Å². The van der Waals surface area contributed by atoms with Gasteiger partial charge in [0.25, 0.3) is 0 Å². The number of nitrogens with one attached hydrogen (secondary N) is 11. The molecule has 0 aliphatic carbocycles. The molecule has 0 saturated heterocycles. The van der Waals surface area contributed by atoms with Gasteiger partial charge in [-0.05, 0) is 35.6 Å². The number of carbonyl (C=O) groups is 11. The smallest absolute Gasteiger partial charge is 0.326 e. The number of hydrogen-bond acceptors (Lipinski definition) is 16. The Morgan fingerprint density at radius 2 is 0.977 bits per heavy atom. The molecule has 0 unspecified atom stereocenters. The first kappa shape index (κ1) is 67.2. The molecule has 0 aliphatic heterocycles. The summed E-state index contributed by atoms with van der Waals surface area (Å²) in [5.41, 5.74) is 8.12. The normalized spacial score (nSPS) is 15.0. The van der Waals surface area contributed by atoms with Crippen LogP contribution in [0.15, 0.2) is 104 Å². The zero-order valence-corrected chi connectivity index (χ0v) is 47.3. The molecule has 0 saturated carbocycles. The van der Waals surface area contributed by atoms with Crippen LogP contribution in [0.2, 0.25) is 0 Å². The van der Waals surface area contributed by atoms with Crippen molar-refractivity contribution < 1.29 is 78.3 Å². The van der Waals surface area contributed by atoms with Gasteiger partial charge in [-0.3, -0.25) is 47.9 Å². The van der Waals surface area contributed by atoms with Gasteiger partial charge >= 0.3 is 11.9 Å². The minimum atomic E-state index is -2.08. The van der Waals surface area contributed by atoms with E-state index in [1.807, 2.05) is 0 Å². The Hall–Kier alpha value is -9.58. The number of aromatic nitrogens is 3. The number of nitrogens with zero attached hydrogens (tertiary/aromatic N) is 1. The third kappa shape index (κ3) is 20.1. The third-order valence-corrected chi connectivity index (χ3v) is 13.9. The Morgan fingerprint density at radius 1 is 0.523 bits per heavy atom. The van der Waals surface area contributed by atoms with Gasteiger partial charge in [0.05, 0.1) is 38.6 Å². The van der Waals surface area contributed by atoms with E-state index in [0.717, 1.165) is 0 Å². The Bertz CT molecular complexity index is 3130. The molecule has 462 valence electrons. The molecule has 3 aromatic carbocycles. The van der Waals surface area contributed by atoms with Gasteiger partial charge in [-0.1, -0.05) is 99.1 Å². The summed E-state index contributed by atoms with van der Waals surface area (Å²) >= 11 is 0. The van der Waals surface area contributed by atoms with Crippen molar-refractivity contribution in [3.05, 3.63) is 126 Å². The van der Waals surface area contributed by atoms with E-state index < -0.39 is 158 Å². The van der Waals surface area contributed by atoms with E-state index in [4.69, 9.17) is 5.73 Å². The number of para-hydroxylation sites is 1. The summed E-state index contributed by atoms with van der Waals surface area (Å²) < 4.78 is 0. The van der Waals surface area contributed by atoms with Gasteiger partial charge in [0.2, 0.25) is 53.2 Å². The van der Waals surface area contributed by atoms with Crippen molar-refractivity contribution in [1.29, 1.82) is 0 Å². The quantitative estimate of drug-likeness (QED) is 0.0190. The molecule has 18 N–H and O–H groups in total. The first-order valence-corrected chi connectivity index (χ1v) is 27.4. The number of nitrogens with two attached hydrogens (primary N) is 1. The lowest BCUT2D eigenvalue weighted by Crippen LogP contribution is -2.62. The van der Waals surface area contributed by atoms with E-state index in [1.54, 1.807) is 105 Å². The number of aliphatic hydroxyl groups excluding tert-OH is 3. The van der Waals surface area contributed by atoms with Gasteiger partial charge in [-0.2, -0.15) is 0 Å². The molecular weight excluding hydrogens is 1120 g/mol. The summed E-state index contributed by atoms with van der Waals surface area (Å²) in [7, 11) is 0. The van der Waals surface area contributed by atoms with Gasteiger partial charge in [-0.15, -0.1) is 0 Å². The minimum Gasteiger partial charge on any atom is -0.481 e. The highest BCUT2D eigenvalue weighted by molar-refractivity contribution is 6.00. The van der Waals surface area contributed by atoms with Crippen LogP contribution in [0.1, 0.15) is 56.0 Å². The lowest BCUT2D eigenvalue weighted by Gasteiger charge is -2.29. The number of aliphatic hydroxyl groups is 3. The van der Waals surface area contributed by atoms with Crippen LogP contribution in [0, 0.1) is 5.92 Å². The predicted molar refractivity (Wildman–Crippen MR) is 306 cm³/mol. The summed E-state index contributed by atoms with van der Waals surface area (Å²) in [6, 6.07) is 8.54. The van der Waals surface area contributed by atoms with Crippen molar-refractivity contribution in [2.45, 2.75) is 120 Å². The zero-order chi connectivity index (χ0) is 63.0. The Kier molecular flexibility index (Phi) is 25.8. The molecule has 0 spiro atoms. The maximum atomic E-state index is 14.4. The number of aromatic amines is 2. The molecule has 11 atom stereocenters. The topological polar surface area (TPSA) is 468 Å². The van der Waals surface area contributed by atoms with Crippen LogP contribution in [0.5, 0.6) is 0 Å². The maximum Gasteiger partial charge on any atom is 0.326 e. The van der Waals surface area contributed by atoms with Gasteiger partial charge in [0.15, 0.2) is 0 Å². The number of hydrogen-bond donors (Lipinski definition) is 17. The second-order valence-electron chi connectivity index (χ2n) is 20.3. The minimum absolute atomic E-state index is 0.0463. The highest BCUT2D eigenvalue weighted by Gasteiger charge is 2.38. The number of imidazole rings is 1. The zero-order valence-electron chi connectivity index (χ0n) is 47.3. The second-order valence-corrected chi connectivity index (χ2v) is 20.3. The van der Waals surface area contributed by atoms with E-state index >= 15 is 0 Å². The fourth-order valence-electron chi connectivity index (χ4n) is 8.92. The van der Waals surface area contributed by atoms with Crippen LogP contribution in [0.4, 0.5) is 0 Å². The number of aliphatic carboxylic acids is 2. The van der Waals surface area contributed by atoms with Crippen molar-refractivity contribution in [2.75, 3.05) is 19.8 Å². The number of amides is 9. The van der Waals surface area contributed by atoms with Gasteiger partial charge < -0.3 is 89.1 Å². The monoisotopic (exact) mass is 1200 g/mol. The third-order valence-electron chi connectivity index (χ3n) is 13.9. The molecule has 29 heteroatoms. The summed E-state index contributed by atoms with van der Waals surface area (Å²) in [5, 5.41) is 73.6. The molecule has 0 bridgehead atoms. The fraction of sp³-hybridized carbons (Fsp3) is 0.404. The SMILES string of the molecule is CC[C@H](C)[C@H](NC(=O)[C@H](Cc1c[nH]c2ccccc12)NC(=O)[C@H](CO)NC(=O)[C@H](CC(=O)O)NC(=O)[C@H](CO)NC(=O)[C@H](Cc1ccccc1)NC(=O)[C@@H](NC(=O)[C@H](Cc1ccccc1)NC(=O)CN)[C@@H](C)O)C(=O)N[C@@H](Cc1cnc[nH]1)C(=O)O. The molecule has 0 fully saturated rings. The average molecular weight is 1200 g/mol. The first-order valence-electron chi connectivity index (χ1n) is 27.4. The molecule has 0 radical (unpaired) electrons. The van der Waals surface area contributed by atoms with Crippen molar-refractivity contribution in [3.63, 3.8) is 0 Å². The number of carboxylic acid groups (broad SMARTS) is 2. The lowest BCUT2D eigenvalue weighted by molar-refractivity contribution is -0.143. The molecule has 29 nitrogen and oxygen atoms in total. The number of rotatable bonds is 34. The largest absolute Gasteiger partial charge is 0.481 e. The number of benzene rings is 3. The summed E-state index contributed by atoms with van der Waals surface area (Å²) in [5.74, 6) is -13.2. The number of H-pyrrole nitrogens is 2. The number of fused-ring (bicyclic) bond motifs is 1. The van der Waals surface area contributed by atoms with Crippen LogP contribution in [-0.4, -0.2) is 186 Å². The lowest BCUT2D eigenvalue weighted by atomic mass is 9.96. The highest BCUT2D eigenvalue weighted by atomic mass is 16.4. The van der Waals surface area contributed by atoms with Gasteiger partial charge in [0.1, 0.15) is 54.4 Å². The maximum absolute atomic E-state index is 14.4. The summed E-state index contributed by atoms with van der Waals surface area (Å²) in [6.45, 7) is 1.71. The van der Waals surface area contributed by atoms with Crippen molar-refractivity contribution in [1.82, 2.24) is 62.8 Å². The second kappa shape index (κ2) is 33.1. The summed E-state index contributed by atoms with van der Waals surface area (Å²) in [4.78, 5) is 158. The van der Waals surface area contributed by atoms with Crippen molar-refractivity contribution in [2.24, 2.45) is 11.7 Å². The Balaban J connectivity index is 1.32. The highest BCUT2D eigenvalue weighted by Crippen LogP contribution is 2.20. The van der Waals surface area contributed by atoms with Crippen LogP contribution in [-0.2, 0) is 78.4 Å². The van der Waals surface area contributed by atoms with E-state index in [2.05, 4.69) is 62.8 Å². The molecule has 5 aromatic rings. The van der Waals surface area contributed by atoms with Gasteiger partial charge in [-0.25, -0.2) is 9.78 Å². The standard InChI is InChI=1S/C57H73N13O16/c1-4-30(2)47(55(83)66-42(57(85)86)22-35-26-59-29-61-35)69-52(80)40(21-34-25-60-37-18-12-11-17-36(34)37)63-53(81)43(27-71)68-50(78)41(23-46(75)76)64-54(82)44(28-72)67-49(77)39(20-33-15-9-6-10-16-33)65-56(84)48(31(3)73)70-51(79)38(62-45(74)24-58)19-32-13-7-5-8-14-32/h5-18,25-26,29-31,38-44,47-48,60,71-73H,4,19-24,27-28,58H2,1-3H3,(H,59,61)(H,62,74)(H,63,81)(H,64,82)(H,65,84)(H,66,83)(H,67,77)(H,68,78)(H,69,80)(H,70,79)(H,75,76)(H,85,86)/t30-,31+,38-,39-,40-,41-,42-,43-,44-,47-,48-/m0/s1. The molecule has 2 heterocycles. The van der Waals surface area contributed by atoms with Crippen molar-refractivity contribution in [3.8, 4) is 0 Å². The van der Waals surface area contributed by atoms with Crippen molar-refractivity contribution >= 4 is 76.0 Å². The molecule has 2 aromatic heterocycles. The van der Waals surface area contributed by atoms with E-state index in [1.165, 1.54) is 19.4 Å². The fourth-order valence-corrected chi connectivity index (χ4v) is 8.92. The molecule has 9 amide bonds. The van der Waals surface area contributed by atoms with Crippen LogP contribution >= 0.6 is 0 Å². The number of carboxylic acids is 2. The molecular formula is C57H73N13O16. The predicted octanol–water partition coefficient (Wildman–Crippen LogP) is -3.55. The number of carbonyl (C=O) groups excluding carboxylic acids is 9. The van der Waals surface area contributed by atoms with Crippen LogP contribution < -0.4 is 53.6 Å². The van der Waals surface area contributed by atoms with Gasteiger partial charge in [0, 0.05) is 54.7 Å². The molecule has 5 rings (SSSR count). The first-order chi connectivity index (χ1) is 41.0. The summed E-state index contributed by atoms with van der Waals surface area (Å²) in [6.07, 6.45) is 1.06. The van der Waals surface area contributed by atoms with Crippen LogP contribution in [0.3, 0.4) is 0 Å². The van der Waals surface area contributed by atoms with Crippen LogP contribution in [0.25, 0.3) is 10.9 Å². The molecule has 0 aliphatic rings.